The molecule has 1 aliphatic carbocycles. The highest BCUT2D eigenvalue weighted by Gasteiger charge is 2.51. The van der Waals surface area contributed by atoms with E-state index in [4.69, 9.17) is 27.0 Å². The molecule has 12 heteroatoms. The standard InChI is InChI=1S/C15H12ClF2IN4O3S/c16-9-5-8(19)1-2-10(9)22-15(18)12(17)3-7(4-13(15)27(21,24)25)11-6-14(20)23-26-11/h1-6,13,22H,(H2,20,23)(H2,21,24,25). The Morgan fingerprint density at radius 3 is 2.63 bits per heavy atom. The molecule has 0 spiro atoms. The third-order valence-corrected chi connectivity index (χ3v) is 5.92. The third-order valence-electron chi connectivity index (χ3n) is 3.77. The van der Waals surface area contributed by atoms with E-state index in [1.165, 1.54) is 18.2 Å². The number of aromatic nitrogens is 1. The van der Waals surface area contributed by atoms with Gasteiger partial charge in [0.2, 0.25) is 10.0 Å². The minimum Gasteiger partial charge on any atom is -0.381 e. The number of primary sulfonamides is 1. The maximum Gasteiger partial charge on any atom is 0.254 e. The SMILES string of the molecule is Nc1cc(C2=CC(S(N)(=O)=O)C(F)(Nc3ccc(I)cc3Cl)C(F)=C2)on1. The molecule has 0 fully saturated rings. The number of sulfonamides is 1. The zero-order valence-electron chi connectivity index (χ0n) is 13.3. The van der Waals surface area contributed by atoms with Crippen molar-refractivity contribution in [2.24, 2.45) is 5.14 Å². The number of halogens is 4. The van der Waals surface area contributed by atoms with Gasteiger partial charge in [-0.3, -0.25) is 0 Å². The number of hydrogen-bond donors (Lipinski definition) is 3. The van der Waals surface area contributed by atoms with Crippen LogP contribution in [0.3, 0.4) is 0 Å². The fraction of sp³-hybridized carbons (Fsp3) is 0.133. The van der Waals surface area contributed by atoms with Crippen molar-refractivity contribution >= 4 is 61.3 Å². The van der Waals surface area contributed by atoms with Crippen molar-refractivity contribution in [3.63, 3.8) is 0 Å². The average molecular weight is 529 g/mol. The number of hydrogen-bond acceptors (Lipinski definition) is 6. The number of nitrogens with one attached hydrogen (secondary N) is 1. The van der Waals surface area contributed by atoms with Gasteiger partial charge in [0.15, 0.2) is 22.7 Å². The van der Waals surface area contributed by atoms with E-state index < -0.39 is 26.9 Å². The van der Waals surface area contributed by atoms with E-state index >= 15 is 4.39 Å². The Morgan fingerprint density at radius 1 is 1.37 bits per heavy atom. The summed E-state index contributed by atoms with van der Waals surface area (Å²) in [4.78, 5) is 0. The summed E-state index contributed by atoms with van der Waals surface area (Å²) < 4.78 is 60.0. The molecule has 0 radical (unpaired) electrons. The largest absolute Gasteiger partial charge is 0.381 e. The number of nitrogen functional groups attached to an aromatic ring is 1. The van der Waals surface area contributed by atoms with Gasteiger partial charge in [-0.1, -0.05) is 16.8 Å². The van der Waals surface area contributed by atoms with E-state index in [9.17, 15) is 12.8 Å². The van der Waals surface area contributed by atoms with Crippen molar-refractivity contribution in [1.82, 2.24) is 5.16 Å². The minimum atomic E-state index is -4.57. The Bertz CT molecular complexity index is 1070. The monoisotopic (exact) mass is 528 g/mol. The third kappa shape index (κ3) is 3.95. The van der Waals surface area contributed by atoms with E-state index in [1.807, 2.05) is 22.6 Å². The first-order chi connectivity index (χ1) is 12.5. The van der Waals surface area contributed by atoms with Gasteiger partial charge in [0.25, 0.3) is 5.79 Å². The molecule has 0 amide bonds. The molecule has 1 aromatic heterocycles. The molecule has 1 aromatic carbocycles. The van der Waals surface area contributed by atoms with E-state index in [1.54, 1.807) is 6.07 Å². The Hall–Kier alpha value is -1.70. The molecule has 2 aromatic rings. The fourth-order valence-electron chi connectivity index (χ4n) is 2.52. The number of alkyl halides is 1. The summed E-state index contributed by atoms with van der Waals surface area (Å²) in [7, 11) is -4.57. The molecule has 1 aliphatic rings. The Kier molecular flexibility index (Phi) is 5.22. The number of nitrogens with zero attached hydrogens (tertiary/aromatic N) is 1. The molecule has 27 heavy (non-hydrogen) atoms. The topological polar surface area (TPSA) is 124 Å². The highest BCUT2D eigenvalue weighted by Crippen LogP contribution is 2.41. The first kappa shape index (κ1) is 20.0. The van der Waals surface area contributed by atoms with Crippen LogP contribution in [0.15, 0.2) is 46.8 Å². The highest BCUT2D eigenvalue weighted by atomic mass is 127. The van der Waals surface area contributed by atoms with E-state index in [2.05, 4.69) is 10.5 Å². The fourth-order valence-corrected chi connectivity index (χ4v) is 4.38. The van der Waals surface area contributed by atoms with Gasteiger partial charge in [0.05, 0.1) is 10.7 Å². The first-order valence-electron chi connectivity index (χ1n) is 7.26. The number of benzene rings is 1. The number of rotatable bonds is 4. The van der Waals surface area contributed by atoms with Crippen LogP contribution in [0.25, 0.3) is 5.57 Å². The summed E-state index contributed by atoms with van der Waals surface area (Å²) in [5, 5.41) is 8.78. The minimum absolute atomic E-state index is 0.00228. The van der Waals surface area contributed by atoms with Gasteiger partial charge < -0.3 is 15.6 Å². The van der Waals surface area contributed by atoms with Gasteiger partial charge in [-0.05, 0) is 52.9 Å². The maximum atomic E-state index is 15.6. The summed E-state index contributed by atoms with van der Waals surface area (Å²) in [6, 6.07) is 5.73. The molecule has 2 unspecified atom stereocenters. The van der Waals surface area contributed by atoms with E-state index in [0.717, 1.165) is 15.7 Å². The second kappa shape index (κ2) is 7.04. The van der Waals surface area contributed by atoms with Crippen LogP contribution in [0, 0.1) is 3.57 Å². The molecule has 0 bridgehead atoms. The second-order valence-corrected chi connectivity index (χ2v) is 9.04. The van der Waals surface area contributed by atoms with Crippen molar-refractivity contribution in [3.05, 3.63) is 56.6 Å². The zero-order valence-corrected chi connectivity index (χ0v) is 17.0. The molecular weight excluding hydrogens is 517 g/mol. The second-order valence-electron chi connectivity index (χ2n) is 5.70. The average Bonchev–Trinajstić information content (AvgIpc) is 2.98. The number of nitrogens with two attached hydrogens (primary N) is 2. The number of allylic oxidation sites excluding steroid dienone is 2. The van der Waals surface area contributed by atoms with Crippen LogP contribution in [0.5, 0.6) is 0 Å². The van der Waals surface area contributed by atoms with Crippen LogP contribution < -0.4 is 16.2 Å². The van der Waals surface area contributed by atoms with Gasteiger partial charge in [-0.25, -0.2) is 22.3 Å². The van der Waals surface area contributed by atoms with Gasteiger partial charge in [0.1, 0.15) is 0 Å². The zero-order chi connectivity index (χ0) is 20.0. The molecular formula is C15H12ClF2IN4O3S. The van der Waals surface area contributed by atoms with Crippen molar-refractivity contribution in [1.29, 1.82) is 0 Å². The lowest BCUT2D eigenvalue weighted by Gasteiger charge is -2.34. The summed E-state index contributed by atoms with van der Waals surface area (Å²) in [5.74, 6) is -4.65. The number of anilines is 2. The van der Waals surface area contributed by atoms with Gasteiger partial charge in [-0.15, -0.1) is 0 Å². The van der Waals surface area contributed by atoms with Crippen LogP contribution in [0.2, 0.25) is 5.02 Å². The summed E-state index contributed by atoms with van der Waals surface area (Å²) >= 11 is 8.02. The highest BCUT2D eigenvalue weighted by molar-refractivity contribution is 14.1. The first-order valence-corrected chi connectivity index (χ1v) is 10.3. The predicted molar refractivity (Wildman–Crippen MR) is 107 cm³/mol. The van der Waals surface area contributed by atoms with Gasteiger partial charge >= 0.3 is 0 Å². The molecule has 0 saturated carbocycles. The maximum absolute atomic E-state index is 15.6. The Morgan fingerprint density at radius 2 is 2.07 bits per heavy atom. The van der Waals surface area contributed by atoms with Crippen LogP contribution >= 0.6 is 34.2 Å². The predicted octanol–water partition coefficient (Wildman–Crippen LogP) is 3.20. The molecule has 0 aliphatic heterocycles. The lowest BCUT2D eigenvalue weighted by molar-refractivity contribution is 0.213. The lowest BCUT2D eigenvalue weighted by atomic mass is 9.97. The summed E-state index contributed by atoms with van der Waals surface area (Å²) in [6.45, 7) is 0. The van der Waals surface area contributed by atoms with Crippen LogP contribution in [0.4, 0.5) is 20.3 Å². The lowest BCUT2D eigenvalue weighted by Crippen LogP contribution is -2.52. The van der Waals surface area contributed by atoms with Gasteiger partial charge in [-0.2, -0.15) is 0 Å². The van der Waals surface area contributed by atoms with Crippen LogP contribution in [-0.2, 0) is 10.0 Å². The van der Waals surface area contributed by atoms with Crippen molar-refractivity contribution in [2.45, 2.75) is 11.0 Å². The summed E-state index contributed by atoms with van der Waals surface area (Å²) in [6.07, 6.45) is 1.70. The summed E-state index contributed by atoms with van der Waals surface area (Å²) in [5.41, 5.74) is 5.36. The molecule has 144 valence electrons. The van der Waals surface area contributed by atoms with E-state index in [0.29, 0.717) is 0 Å². The Balaban J connectivity index is 2.09. The molecule has 1 heterocycles. The normalized spacial score (nSPS) is 22.9. The van der Waals surface area contributed by atoms with Crippen molar-refractivity contribution < 1.29 is 21.7 Å². The molecule has 2 atom stereocenters. The van der Waals surface area contributed by atoms with Crippen LogP contribution in [-0.4, -0.2) is 24.6 Å². The Labute approximate surface area is 171 Å². The van der Waals surface area contributed by atoms with Gasteiger partial charge in [0, 0.05) is 15.2 Å². The molecule has 3 rings (SSSR count). The van der Waals surface area contributed by atoms with Crippen molar-refractivity contribution in [3.8, 4) is 0 Å². The molecule has 7 nitrogen and oxygen atoms in total. The van der Waals surface area contributed by atoms with E-state index in [-0.39, 0.29) is 27.9 Å². The molecule has 0 saturated heterocycles. The quantitative estimate of drug-likeness (QED) is 0.414. The van der Waals surface area contributed by atoms with Crippen LogP contribution in [0.1, 0.15) is 5.76 Å². The molecule has 5 N–H and O–H groups in total. The van der Waals surface area contributed by atoms with Crippen molar-refractivity contribution in [2.75, 3.05) is 11.1 Å². The smallest absolute Gasteiger partial charge is 0.254 e.